The van der Waals surface area contributed by atoms with E-state index in [0.29, 0.717) is 0 Å². The van der Waals surface area contributed by atoms with Crippen LogP contribution in [0.1, 0.15) is 11.6 Å². The number of anilines is 1. The number of rotatable bonds is 3. The quantitative estimate of drug-likeness (QED) is 0.386. The Labute approximate surface area is 112 Å². The van der Waals surface area contributed by atoms with E-state index in [1.807, 2.05) is 0 Å². The van der Waals surface area contributed by atoms with Crippen molar-refractivity contribution in [1.29, 1.82) is 0 Å². The van der Waals surface area contributed by atoms with Gasteiger partial charge in [-0.1, -0.05) is 0 Å². The number of nitro benzene ring substituents is 1. The second-order valence-corrected chi connectivity index (χ2v) is 3.77. The second kappa shape index (κ2) is 5.27. The number of hydrogen-bond donors (Lipinski definition) is 2. The fourth-order valence-electron chi connectivity index (χ4n) is 1.41. The van der Waals surface area contributed by atoms with Crippen molar-refractivity contribution in [2.24, 2.45) is 5.73 Å². The minimum Gasteiger partial charge on any atom is -0.406 e. The zero-order valence-electron chi connectivity index (χ0n) is 9.83. The summed E-state index contributed by atoms with van der Waals surface area (Å²) >= 11 is 0. The van der Waals surface area contributed by atoms with Crippen LogP contribution in [0.25, 0.3) is 0 Å². The summed E-state index contributed by atoms with van der Waals surface area (Å²) in [6.45, 7) is 0. The molecule has 0 bridgehead atoms. The number of nitro groups is 1. The molecule has 0 saturated carbocycles. The molecule has 0 aliphatic rings. The fraction of sp³-hybridized carbons (Fsp3) is 0.333. The van der Waals surface area contributed by atoms with E-state index in [1.165, 1.54) is 0 Å². The summed E-state index contributed by atoms with van der Waals surface area (Å²) in [5, 5.41) is 10.6. The summed E-state index contributed by atoms with van der Waals surface area (Å²) in [4.78, 5) is 9.39. The van der Waals surface area contributed by atoms with E-state index in [1.54, 1.807) is 0 Å². The highest BCUT2D eigenvalue weighted by Crippen LogP contribution is 2.40. The predicted octanol–water partition coefficient (Wildman–Crippen LogP) is 2.64. The largest absolute Gasteiger partial charge is 0.573 e. The van der Waals surface area contributed by atoms with Gasteiger partial charge in [-0.2, -0.15) is 13.2 Å². The average molecular weight is 319 g/mol. The van der Waals surface area contributed by atoms with Gasteiger partial charge in [0.25, 0.3) is 5.69 Å². The van der Waals surface area contributed by atoms with Crippen LogP contribution in [0.2, 0.25) is 0 Å². The van der Waals surface area contributed by atoms with E-state index in [0.717, 1.165) is 0 Å². The van der Waals surface area contributed by atoms with Crippen LogP contribution >= 0.6 is 0 Å². The SMILES string of the molecule is Nc1c([C@H](N)C(F)(F)F)cc(OC(F)(F)F)cc1[N+](=O)[O-]. The van der Waals surface area contributed by atoms with Crippen molar-refractivity contribution < 1.29 is 36.0 Å². The first-order valence-corrected chi connectivity index (χ1v) is 4.98. The number of ether oxygens (including phenoxy) is 1. The number of benzene rings is 1. The molecule has 0 heterocycles. The molecule has 0 aromatic heterocycles. The molecular formula is C9H7F6N3O3. The van der Waals surface area contributed by atoms with Gasteiger partial charge in [0.1, 0.15) is 17.5 Å². The molecule has 1 rings (SSSR count). The van der Waals surface area contributed by atoms with Gasteiger partial charge in [0.05, 0.1) is 11.0 Å². The van der Waals surface area contributed by atoms with Gasteiger partial charge in [0.15, 0.2) is 0 Å². The van der Waals surface area contributed by atoms with Crippen LogP contribution in [0.15, 0.2) is 12.1 Å². The maximum absolute atomic E-state index is 12.5. The standard InChI is InChI=1S/C9H7F6N3O3/c10-8(11,12)7(17)4-1-3(21-9(13,14)15)2-5(6(4)16)18(19)20/h1-2,7H,16-17H2/t7-/m0/s1. The van der Waals surface area contributed by atoms with Crippen LogP contribution in [-0.4, -0.2) is 17.5 Å². The van der Waals surface area contributed by atoms with Gasteiger partial charge >= 0.3 is 12.5 Å². The molecule has 1 aromatic carbocycles. The molecule has 0 amide bonds. The summed E-state index contributed by atoms with van der Waals surface area (Å²) in [6.07, 6.45) is -10.3. The summed E-state index contributed by atoms with van der Waals surface area (Å²) in [6, 6.07) is -2.28. The second-order valence-electron chi connectivity index (χ2n) is 3.77. The maximum atomic E-state index is 12.5. The van der Waals surface area contributed by atoms with Crippen molar-refractivity contribution in [3.63, 3.8) is 0 Å². The number of hydrogen-bond acceptors (Lipinski definition) is 5. The molecule has 21 heavy (non-hydrogen) atoms. The molecule has 0 saturated heterocycles. The highest BCUT2D eigenvalue weighted by Gasteiger charge is 2.41. The third-order valence-electron chi connectivity index (χ3n) is 2.28. The Kier molecular flexibility index (Phi) is 4.22. The van der Waals surface area contributed by atoms with Gasteiger partial charge in [-0.15, -0.1) is 13.2 Å². The number of alkyl halides is 6. The summed E-state index contributed by atoms with van der Waals surface area (Å²) in [5.74, 6) is -1.22. The lowest BCUT2D eigenvalue weighted by Gasteiger charge is -2.19. The minimum absolute atomic E-state index is 0.258. The fourth-order valence-corrected chi connectivity index (χ4v) is 1.41. The summed E-state index contributed by atoms with van der Waals surface area (Å²) < 4.78 is 77.1. The van der Waals surface area contributed by atoms with Crippen LogP contribution in [0.5, 0.6) is 5.75 Å². The molecule has 0 aliphatic carbocycles. The Bertz CT molecular complexity index is 557. The van der Waals surface area contributed by atoms with Gasteiger partial charge in [-0.05, 0) is 6.07 Å². The lowest BCUT2D eigenvalue weighted by Crippen LogP contribution is -2.29. The van der Waals surface area contributed by atoms with Crippen molar-refractivity contribution in [3.05, 3.63) is 27.8 Å². The van der Waals surface area contributed by atoms with Crippen LogP contribution in [-0.2, 0) is 0 Å². The zero-order valence-corrected chi connectivity index (χ0v) is 9.83. The lowest BCUT2D eigenvalue weighted by molar-refractivity contribution is -0.384. The first kappa shape index (κ1) is 16.8. The van der Waals surface area contributed by atoms with Crippen molar-refractivity contribution in [3.8, 4) is 5.75 Å². The molecule has 0 aliphatic heterocycles. The zero-order chi connectivity index (χ0) is 16.6. The third-order valence-corrected chi connectivity index (χ3v) is 2.28. The van der Waals surface area contributed by atoms with E-state index in [9.17, 15) is 36.5 Å². The molecule has 118 valence electrons. The summed E-state index contributed by atoms with van der Waals surface area (Å²) in [7, 11) is 0. The van der Waals surface area contributed by atoms with Gasteiger partial charge in [0.2, 0.25) is 0 Å². The maximum Gasteiger partial charge on any atom is 0.573 e. The molecule has 0 unspecified atom stereocenters. The van der Waals surface area contributed by atoms with E-state index in [-0.39, 0.29) is 12.1 Å². The molecule has 0 fully saturated rings. The van der Waals surface area contributed by atoms with Crippen molar-refractivity contribution in [1.82, 2.24) is 0 Å². The van der Waals surface area contributed by atoms with Gasteiger partial charge in [-0.3, -0.25) is 10.1 Å². The molecule has 0 spiro atoms. The molecule has 1 atom stereocenters. The monoisotopic (exact) mass is 319 g/mol. The predicted molar refractivity (Wildman–Crippen MR) is 57.2 cm³/mol. The Morgan fingerprint density at radius 1 is 1.19 bits per heavy atom. The van der Waals surface area contributed by atoms with E-state index in [2.05, 4.69) is 4.74 Å². The van der Waals surface area contributed by atoms with E-state index in [4.69, 9.17) is 11.5 Å². The molecule has 1 aromatic rings. The third kappa shape index (κ3) is 4.11. The number of nitrogens with zero attached hydrogens (tertiary/aromatic N) is 1. The summed E-state index contributed by atoms with van der Waals surface area (Å²) in [5.41, 5.74) is 6.72. The normalized spacial score (nSPS) is 13.9. The van der Waals surface area contributed by atoms with Crippen LogP contribution in [0.4, 0.5) is 37.7 Å². The molecule has 6 nitrogen and oxygen atoms in total. The molecule has 0 radical (unpaired) electrons. The average Bonchev–Trinajstić information content (AvgIpc) is 2.26. The van der Waals surface area contributed by atoms with Crippen LogP contribution < -0.4 is 16.2 Å². The van der Waals surface area contributed by atoms with Crippen molar-refractivity contribution in [2.75, 3.05) is 5.73 Å². The highest BCUT2D eigenvalue weighted by atomic mass is 19.4. The Morgan fingerprint density at radius 2 is 1.71 bits per heavy atom. The Hall–Kier alpha value is -2.24. The highest BCUT2D eigenvalue weighted by molar-refractivity contribution is 5.67. The van der Waals surface area contributed by atoms with Crippen LogP contribution in [0, 0.1) is 10.1 Å². The van der Waals surface area contributed by atoms with Gasteiger partial charge in [0, 0.05) is 5.56 Å². The Morgan fingerprint density at radius 3 is 2.10 bits per heavy atom. The van der Waals surface area contributed by atoms with Crippen molar-refractivity contribution >= 4 is 11.4 Å². The first-order valence-electron chi connectivity index (χ1n) is 4.98. The van der Waals surface area contributed by atoms with Crippen LogP contribution in [0.3, 0.4) is 0 Å². The number of halogens is 6. The van der Waals surface area contributed by atoms with E-state index < -0.39 is 46.2 Å². The minimum atomic E-state index is -5.25. The topological polar surface area (TPSA) is 104 Å². The molecule has 12 heteroatoms. The number of nitrogens with two attached hydrogens (primary N) is 2. The van der Waals surface area contributed by atoms with Gasteiger partial charge < -0.3 is 16.2 Å². The first-order chi connectivity index (χ1) is 9.33. The lowest BCUT2D eigenvalue weighted by atomic mass is 10.0. The smallest absolute Gasteiger partial charge is 0.406 e. The molecule has 4 N–H and O–H groups in total. The number of nitrogen functional groups attached to an aromatic ring is 1. The van der Waals surface area contributed by atoms with Crippen molar-refractivity contribution in [2.45, 2.75) is 18.6 Å². The van der Waals surface area contributed by atoms with E-state index >= 15 is 0 Å². The Balaban J connectivity index is 3.45. The molecular weight excluding hydrogens is 312 g/mol. The van der Waals surface area contributed by atoms with Gasteiger partial charge in [-0.25, -0.2) is 0 Å².